The highest BCUT2D eigenvalue weighted by Crippen LogP contribution is 2.30. The number of carbonyl (C=O) groups is 1. The molecule has 1 N–H and O–H groups in total. The lowest BCUT2D eigenvalue weighted by atomic mass is 10.1. The van der Waals surface area contributed by atoms with Crippen LogP contribution in [0.4, 0.5) is 0 Å². The highest BCUT2D eigenvalue weighted by molar-refractivity contribution is 8.16. The molecule has 0 saturated carbocycles. The molecule has 1 amide bonds. The normalized spacial score (nSPS) is 18.2. The molecule has 0 aliphatic carbocycles. The molecular weight excluding hydrogens is 410 g/mol. The van der Waals surface area contributed by atoms with Gasteiger partial charge < -0.3 is 4.57 Å². The van der Waals surface area contributed by atoms with E-state index >= 15 is 0 Å². The van der Waals surface area contributed by atoms with Gasteiger partial charge in [0.1, 0.15) is 5.84 Å². The molecule has 2 aliphatic rings. The molecule has 0 atom stereocenters. The Balaban J connectivity index is 1.78. The number of hydrogen-bond acceptors (Lipinski definition) is 6. The van der Waals surface area contributed by atoms with E-state index < -0.39 is 15.7 Å². The predicted octanol–water partition coefficient (Wildman–Crippen LogP) is 2.72. The summed E-state index contributed by atoms with van der Waals surface area (Å²) in [5.74, 6) is -0.867. The molecule has 4 rings (SSSR count). The van der Waals surface area contributed by atoms with E-state index in [-0.39, 0.29) is 21.7 Å². The summed E-state index contributed by atoms with van der Waals surface area (Å²) in [6, 6.07) is 9.67. The zero-order chi connectivity index (χ0) is 20.9. The third kappa shape index (κ3) is 3.34. The van der Waals surface area contributed by atoms with Crippen LogP contribution in [0, 0.1) is 19.3 Å². The van der Waals surface area contributed by atoms with Gasteiger partial charge in [0.25, 0.3) is 5.91 Å². The molecule has 1 aromatic heterocycles. The third-order valence-corrected chi connectivity index (χ3v) is 6.42. The summed E-state index contributed by atoms with van der Waals surface area (Å²) in [6.45, 7) is 4.05. The smallest absolute Gasteiger partial charge is 0.283 e. The van der Waals surface area contributed by atoms with Gasteiger partial charge in [0.15, 0.2) is 0 Å². The number of nitrogens with one attached hydrogen (secondary N) is 1. The Kier molecular flexibility index (Phi) is 4.55. The molecule has 3 heterocycles. The highest BCUT2D eigenvalue weighted by Gasteiger charge is 2.41. The summed E-state index contributed by atoms with van der Waals surface area (Å²) < 4.78 is 29.7. The van der Waals surface area contributed by atoms with Crippen molar-refractivity contribution in [3.8, 4) is 5.69 Å². The SMILES string of the molecule is Cc1ccc(-n2cccc2/C=C2/C(=N)N3C(=NC2=O)SN=C3S(C)(=O)=O)cc1C. The van der Waals surface area contributed by atoms with Crippen LogP contribution in [-0.2, 0) is 14.6 Å². The van der Waals surface area contributed by atoms with Crippen LogP contribution in [0.25, 0.3) is 11.8 Å². The molecule has 0 fully saturated rings. The van der Waals surface area contributed by atoms with Crippen LogP contribution in [0.5, 0.6) is 0 Å². The molecular formula is C19H17N5O3S2. The van der Waals surface area contributed by atoms with E-state index in [0.29, 0.717) is 5.69 Å². The van der Waals surface area contributed by atoms with E-state index in [1.165, 1.54) is 5.56 Å². The first-order valence-electron chi connectivity index (χ1n) is 8.60. The molecule has 10 heteroatoms. The fourth-order valence-corrected chi connectivity index (χ4v) is 4.85. The van der Waals surface area contributed by atoms with Crippen molar-refractivity contribution in [2.45, 2.75) is 13.8 Å². The molecule has 1 aromatic carbocycles. The second kappa shape index (κ2) is 6.82. The Morgan fingerprint density at radius 1 is 1.17 bits per heavy atom. The Morgan fingerprint density at radius 2 is 1.93 bits per heavy atom. The Morgan fingerprint density at radius 3 is 2.62 bits per heavy atom. The number of sulfone groups is 1. The van der Waals surface area contributed by atoms with Gasteiger partial charge in [-0.25, -0.2) is 13.3 Å². The average molecular weight is 428 g/mol. The number of aliphatic imine (C=N–C) groups is 1. The van der Waals surface area contributed by atoms with E-state index in [1.807, 2.05) is 54.9 Å². The van der Waals surface area contributed by atoms with E-state index in [0.717, 1.165) is 34.4 Å². The van der Waals surface area contributed by atoms with Gasteiger partial charge in [-0.3, -0.25) is 10.2 Å². The van der Waals surface area contributed by atoms with E-state index in [1.54, 1.807) is 6.08 Å². The first kappa shape index (κ1) is 19.3. The predicted molar refractivity (Wildman–Crippen MR) is 115 cm³/mol. The molecule has 0 radical (unpaired) electrons. The van der Waals surface area contributed by atoms with Crippen LogP contribution >= 0.6 is 11.9 Å². The lowest BCUT2D eigenvalue weighted by molar-refractivity contribution is -0.114. The fraction of sp³-hybridized carbons (Fsp3) is 0.158. The molecule has 8 nitrogen and oxygen atoms in total. The van der Waals surface area contributed by atoms with Crippen LogP contribution in [0.2, 0.25) is 0 Å². The minimum atomic E-state index is -3.68. The summed E-state index contributed by atoms with van der Waals surface area (Å²) in [5, 5.41) is 8.22. The van der Waals surface area contributed by atoms with Crippen molar-refractivity contribution >= 4 is 49.9 Å². The van der Waals surface area contributed by atoms with Crippen molar-refractivity contribution in [3.63, 3.8) is 0 Å². The molecule has 0 bridgehead atoms. The first-order chi connectivity index (χ1) is 13.7. The van der Waals surface area contributed by atoms with Crippen molar-refractivity contribution in [1.29, 1.82) is 5.41 Å². The average Bonchev–Trinajstić information content (AvgIpc) is 3.27. The number of amidine groups is 3. The largest absolute Gasteiger partial charge is 0.317 e. The maximum atomic E-state index is 12.5. The maximum Gasteiger partial charge on any atom is 0.283 e. The maximum absolute atomic E-state index is 12.5. The van der Waals surface area contributed by atoms with Crippen LogP contribution < -0.4 is 0 Å². The van der Waals surface area contributed by atoms with Gasteiger partial charge in [-0.1, -0.05) is 6.07 Å². The summed E-state index contributed by atoms with van der Waals surface area (Å²) in [6.07, 6.45) is 4.41. The molecule has 2 aliphatic heterocycles. The number of aromatic nitrogens is 1. The number of fused-ring (bicyclic) bond motifs is 1. The van der Waals surface area contributed by atoms with Gasteiger partial charge in [-0.15, -0.1) is 0 Å². The van der Waals surface area contributed by atoms with Crippen LogP contribution in [0.15, 0.2) is 51.5 Å². The van der Waals surface area contributed by atoms with Gasteiger partial charge in [0.05, 0.1) is 17.5 Å². The van der Waals surface area contributed by atoms with Crippen molar-refractivity contribution in [1.82, 2.24) is 9.47 Å². The zero-order valence-corrected chi connectivity index (χ0v) is 17.5. The van der Waals surface area contributed by atoms with E-state index in [2.05, 4.69) is 9.39 Å². The Bertz CT molecular complexity index is 1270. The minimum Gasteiger partial charge on any atom is -0.317 e. The van der Waals surface area contributed by atoms with Crippen LogP contribution in [0.1, 0.15) is 16.8 Å². The van der Waals surface area contributed by atoms with Crippen molar-refractivity contribution in [2.75, 3.05) is 6.26 Å². The van der Waals surface area contributed by atoms with Crippen LogP contribution in [-0.4, -0.2) is 46.2 Å². The highest BCUT2D eigenvalue weighted by atomic mass is 32.2. The summed E-state index contributed by atoms with van der Waals surface area (Å²) in [4.78, 5) is 17.5. The topological polar surface area (TPSA) is 108 Å². The standard InChI is InChI=1S/C19H17N5O3S2/c1-11-6-7-14(9-12(11)2)23-8-4-5-13(23)10-15-16(20)24-18(21-17(15)25)28-22-19(24)29(3,26)27/h4-10,20H,1-3H3/b15-10-,20-16?. The molecule has 148 valence electrons. The molecule has 29 heavy (non-hydrogen) atoms. The second-order valence-corrected chi connectivity index (χ2v) is 9.39. The summed E-state index contributed by atoms with van der Waals surface area (Å²) in [7, 11) is -3.68. The molecule has 2 aromatic rings. The second-order valence-electron chi connectivity index (χ2n) is 6.75. The van der Waals surface area contributed by atoms with Crippen molar-refractivity contribution in [3.05, 3.63) is 58.9 Å². The van der Waals surface area contributed by atoms with Crippen LogP contribution in [0.3, 0.4) is 0 Å². The third-order valence-electron chi connectivity index (χ3n) is 4.67. The number of hydrogen-bond donors (Lipinski definition) is 1. The minimum absolute atomic E-state index is 0.00335. The van der Waals surface area contributed by atoms with E-state index in [4.69, 9.17) is 5.41 Å². The first-order valence-corrected chi connectivity index (χ1v) is 11.3. The fourth-order valence-electron chi connectivity index (χ4n) is 3.01. The lowest BCUT2D eigenvalue weighted by Crippen LogP contribution is -2.45. The van der Waals surface area contributed by atoms with Gasteiger partial charge in [-0.2, -0.15) is 9.39 Å². The number of carbonyl (C=O) groups excluding carboxylic acids is 1. The van der Waals surface area contributed by atoms with Gasteiger partial charge in [0.2, 0.25) is 20.2 Å². The van der Waals surface area contributed by atoms with Gasteiger partial charge in [-0.05, 0) is 55.3 Å². The van der Waals surface area contributed by atoms with E-state index in [9.17, 15) is 13.2 Å². The number of benzene rings is 1. The number of amides is 1. The zero-order valence-electron chi connectivity index (χ0n) is 15.9. The Labute approximate surface area is 172 Å². The quantitative estimate of drug-likeness (QED) is 0.586. The van der Waals surface area contributed by atoms with Crippen molar-refractivity contribution < 1.29 is 13.2 Å². The summed E-state index contributed by atoms with van der Waals surface area (Å²) >= 11 is 0.772. The number of aryl methyl sites for hydroxylation is 2. The number of nitrogens with zero attached hydrogens (tertiary/aromatic N) is 4. The van der Waals surface area contributed by atoms with Crippen molar-refractivity contribution in [2.24, 2.45) is 9.39 Å². The number of rotatable bonds is 2. The Hall–Kier alpha value is -2.98. The molecule has 0 unspecified atom stereocenters. The monoisotopic (exact) mass is 427 g/mol. The molecule has 0 saturated heterocycles. The van der Waals surface area contributed by atoms with Gasteiger partial charge in [0, 0.05) is 23.8 Å². The molecule has 0 spiro atoms. The van der Waals surface area contributed by atoms with Gasteiger partial charge >= 0.3 is 0 Å². The lowest BCUT2D eigenvalue weighted by Gasteiger charge is -2.24. The summed E-state index contributed by atoms with van der Waals surface area (Å²) in [5.41, 5.74) is 3.89.